The Labute approximate surface area is 114 Å². The second-order valence-corrected chi connectivity index (χ2v) is 4.38. The van der Waals surface area contributed by atoms with Crippen LogP contribution in [0.5, 0.6) is 0 Å². The van der Waals surface area contributed by atoms with Crippen LogP contribution in [0.4, 0.5) is 5.69 Å². The first-order valence-electron chi connectivity index (χ1n) is 6.11. The summed E-state index contributed by atoms with van der Waals surface area (Å²) < 4.78 is 0. The summed E-state index contributed by atoms with van der Waals surface area (Å²) in [6.45, 7) is 1.42. The molecule has 0 aliphatic carbocycles. The Bertz CT molecular complexity index is 780. The summed E-state index contributed by atoms with van der Waals surface area (Å²) in [7, 11) is 0. The third kappa shape index (κ3) is 2.07. The second kappa shape index (κ2) is 4.65. The van der Waals surface area contributed by atoms with Crippen molar-refractivity contribution in [3.05, 3.63) is 53.7 Å². The highest BCUT2D eigenvalue weighted by atomic mass is 16.5. The molecule has 1 N–H and O–H groups in total. The summed E-state index contributed by atoms with van der Waals surface area (Å²) in [5, 5.41) is 19.2. The molecule has 1 aromatic heterocycles. The number of nitrogens with one attached hydrogen (secondary N) is 1. The van der Waals surface area contributed by atoms with E-state index in [1.54, 1.807) is 30.3 Å². The van der Waals surface area contributed by atoms with Crippen LogP contribution in [0.3, 0.4) is 0 Å². The Morgan fingerprint density at radius 1 is 1.25 bits per heavy atom. The van der Waals surface area contributed by atoms with Gasteiger partial charge < -0.3 is 10.5 Å². The van der Waals surface area contributed by atoms with Crippen molar-refractivity contribution in [1.82, 2.24) is 9.90 Å². The fourth-order valence-corrected chi connectivity index (χ4v) is 2.01. The van der Waals surface area contributed by atoms with Crippen molar-refractivity contribution in [3.63, 3.8) is 0 Å². The summed E-state index contributed by atoms with van der Waals surface area (Å²) in [5.41, 5.74) is 2.22. The zero-order valence-corrected chi connectivity index (χ0v) is 10.8. The van der Waals surface area contributed by atoms with Gasteiger partial charge in [0.25, 0.3) is 0 Å². The first kappa shape index (κ1) is 12.2. The minimum absolute atomic E-state index is 0.183. The molecule has 2 aromatic carbocycles. The first-order chi connectivity index (χ1) is 9.65. The molecule has 0 aliphatic rings. The number of carbonyl (C=O) groups excluding carboxylic acids is 1. The molecular formula is C14H12N4O2. The van der Waals surface area contributed by atoms with Crippen LogP contribution in [0, 0.1) is 5.21 Å². The van der Waals surface area contributed by atoms with E-state index in [9.17, 15) is 10.0 Å². The lowest BCUT2D eigenvalue weighted by Gasteiger charge is -2.04. The Hall–Kier alpha value is -2.89. The van der Waals surface area contributed by atoms with Gasteiger partial charge in [-0.05, 0) is 29.1 Å². The van der Waals surface area contributed by atoms with Gasteiger partial charge in [0.2, 0.25) is 16.9 Å². The Morgan fingerprint density at radius 2 is 2.00 bits per heavy atom. The first-order valence-corrected chi connectivity index (χ1v) is 6.11. The highest BCUT2D eigenvalue weighted by molar-refractivity contribution is 5.90. The van der Waals surface area contributed by atoms with Crippen molar-refractivity contribution in [2.24, 2.45) is 0 Å². The molecule has 0 saturated carbocycles. The lowest BCUT2D eigenvalue weighted by atomic mass is 10.3. The normalized spacial score (nSPS) is 10.7. The molecule has 3 aromatic rings. The number of fused-ring (bicyclic) bond motifs is 1. The lowest BCUT2D eigenvalue weighted by molar-refractivity contribution is -0.664. The van der Waals surface area contributed by atoms with Gasteiger partial charge in [0.15, 0.2) is 0 Å². The molecule has 20 heavy (non-hydrogen) atoms. The van der Waals surface area contributed by atoms with Crippen molar-refractivity contribution >= 4 is 22.6 Å². The molecule has 0 radical (unpaired) electrons. The van der Waals surface area contributed by atoms with Gasteiger partial charge in [-0.2, -0.15) is 0 Å². The number of para-hydroxylation sites is 1. The maximum absolute atomic E-state index is 12.3. The molecule has 100 valence electrons. The Morgan fingerprint density at radius 3 is 2.70 bits per heavy atom. The minimum Gasteiger partial charge on any atom is -0.692 e. The standard InChI is InChI=1S/C14H12N4O2/c1-10(19)15-11-7-8-13-14(9-11)18(20)17(16-13)12-5-3-2-4-6-12/h2-9H,1H3,(H,15,19). The average Bonchev–Trinajstić information content (AvgIpc) is 2.76. The third-order valence-corrected chi connectivity index (χ3v) is 2.86. The SMILES string of the molecule is CC(=O)Nc1ccc2nn(-c3ccccc3)[n+]([O-])c2c1. The predicted octanol–water partition coefficient (Wildman–Crippen LogP) is 1.62. The van der Waals surface area contributed by atoms with E-state index in [-0.39, 0.29) is 5.91 Å². The van der Waals surface area contributed by atoms with E-state index >= 15 is 0 Å². The predicted molar refractivity (Wildman–Crippen MR) is 74.3 cm³/mol. The lowest BCUT2D eigenvalue weighted by Crippen LogP contribution is -2.37. The van der Waals surface area contributed by atoms with Crippen molar-refractivity contribution in [2.45, 2.75) is 6.92 Å². The van der Waals surface area contributed by atoms with Crippen molar-refractivity contribution in [1.29, 1.82) is 0 Å². The van der Waals surface area contributed by atoms with Gasteiger partial charge in [0.05, 0.1) is 5.10 Å². The maximum atomic E-state index is 12.3. The number of hydrogen-bond donors (Lipinski definition) is 1. The summed E-state index contributed by atoms with van der Waals surface area (Å²) in [6, 6.07) is 14.2. The topological polar surface area (TPSA) is 73.9 Å². The third-order valence-electron chi connectivity index (χ3n) is 2.86. The number of anilines is 1. The monoisotopic (exact) mass is 268 g/mol. The van der Waals surface area contributed by atoms with Crippen LogP contribution < -0.4 is 10.2 Å². The molecule has 0 spiro atoms. The summed E-state index contributed by atoms with van der Waals surface area (Å²) >= 11 is 0. The van der Waals surface area contributed by atoms with Crippen LogP contribution in [0.15, 0.2) is 48.5 Å². The number of benzene rings is 2. The van der Waals surface area contributed by atoms with Gasteiger partial charge in [0.1, 0.15) is 5.69 Å². The molecule has 1 heterocycles. The maximum Gasteiger partial charge on any atom is 0.250 e. The second-order valence-electron chi connectivity index (χ2n) is 4.38. The van der Waals surface area contributed by atoms with Crippen LogP contribution in [0.1, 0.15) is 6.92 Å². The van der Waals surface area contributed by atoms with E-state index in [2.05, 4.69) is 10.4 Å². The van der Waals surface area contributed by atoms with E-state index in [1.165, 1.54) is 11.7 Å². The number of nitrogens with zero attached hydrogens (tertiary/aromatic N) is 3. The van der Waals surface area contributed by atoms with Crippen molar-refractivity contribution < 1.29 is 9.64 Å². The largest absolute Gasteiger partial charge is 0.692 e. The Kier molecular flexibility index (Phi) is 2.83. The number of hydrogen-bond acceptors (Lipinski definition) is 3. The molecule has 1 amide bonds. The van der Waals surface area contributed by atoms with E-state index in [1.807, 2.05) is 18.2 Å². The molecule has 6 heteroatoms. The van der Waals surface area contributed by atoms with Crippen LogP contribution in [0.2, 0.25) is 0 Å². The zero-order chi connectivity index (χ0) is 14.1. The van der Waals surface area contributed by atoms with E-state index in [0.717, 1.165) is 0 Å². The molecular weight excluding hydrogens is 256 g/mol. The Balaban J connectivity index is 2.13. The quantitative estimate of drug-likeness (QED) is 0.567. The summed E-state index contributed by atoms with van der Waals surface area (Å²) in [6.07, 6.45) is 0. The number of rotatable bonds is 2. The number of aromatic nitrogens is 3. The van der Waals surface area contributed by atoms with Gasteiger partial charge in [-0.3, -0.25) is 4.79 Å². The van der Waals surface area contributed by atoms with Gasteiger partial charge in [-0.25, -0.2) is 0 Å². The molecule has 0 fully saturated rings. The minimum atomic E-state index is -0.183. The van der Waals surface area contributed by atoms with Gasteiger partial charge in [0, 0.05) is 18.7 Å². The average molecular weight is 268 g/mol. The van der Waals surface area contributed by atoms with Crippen molar-refractivity contribution in [2.75, 3.05) is 5.32 Å². The molecule has 0 saturated heterocycles. The highest BCUT2D eigenvalue weighted by Crippen LogP contribution is 2.16. The van der Waals surface area contributed by atoms with Crippen molar-refractivity contribution in [3.8, 4) is 5.69 Å². The van der Waals surface area contributed by atoms with Crippen LogP contribution in [-0.4, -0.2) is 15.8 Å². The van der Waals surface area contributed by atoms with E-state index in [0.29, 0.717) is 27.3 Å². The molecule has 0 unspecified atom stereocenters. The van der Waals surface area contributed by atoms with E-state index < -0.39 is 0 Å². The van der Waals surface area contributed by atoms with Crippen LogP contribution in [0.25, 0.3) is 16.7 Å². The highest BCUT2D eigenvalue weighted by Gasteiger charge is 2.16. The van der Waals surface area contributed by atoms with Crippen LogP contribution in [-0.2, 0) is 4.79 Å². The molecule has 3 rings (SSSR count). The smallest absolute Gasteiger partial charge is 0.250 e. The van der Waals surface area contributed by atoms with Gasteiger partial charge in [-0.15, -0.1) is 4.85 Å². The fraction of sp³-hybridized carbons (Fsp3) is 0.0714. The summed E-state index contributed by atoms with van der Waals surface area (Å²) in [4.78, 5) is 13.0. The number of carbonyl (C=O) groups is 1. The molecule has 0 atom stereocenters. The van der Waals surface area contributed by atoms with Crippen LogP contribution >= 0.6 is 0 Å². The number of amides is 1. The fourth-order valence-electron chi connectivity index (χ4n) is 2.01. The van der Waals surface area contributed by atoms with E-state index in [4.69, 9.17) is 0 Å². The molecule has 0 bridgehead atoms. The molecule has 0 aliphatic heterocycles. The molecule has 6 nitrogen and oxygen atoms in total. The zero-order valence-electron chi connectivity index (χ0n) is 10.8. The van der Waals surface area contributed by atoms with Gasteiger partial charge >= 0.3 is 0 Å². The van der Waals surface area contributed by atoms with Gasteiger partial charge in [-0.1, -0.05) is 18.2 Å². The summed E-state index contributed by atoms with van der Waals surface area (Å²) in [5.74, 6) is -0.183.